The molecule has 0 fully saturated rings. The summed E-state index contributed by atoms with van der Waals surface area (Å²) in [6.07, 6.45) is 1.20. The Bertz CT molecular complexity index is 689. The number of rotatable bonds is 4. The fraction of sp³-hybridized carbons (Fsp3) is 0.167. The van der Waals surface area contributed by atoms with E-state index in [4.69, 9.17) is 21.1 Å². The third kappa shape index (κ3) is 3.44. The number of halogens is 1. The lowest BCUT2D eigenvalue weighted by Gasteiger charge is -2.12. The van der Waals surface area contributed by atoms with Crippen molar-refractivity contribution in [3.63, 3.8) is 0 Å². The van der Waals surface area contributed by atoms with E-state index in [0.717, 1.165) is 0 Å². The molecule has 0 unspecified atom stereocenters. The minimum Gasteiger partial charge on any atom is -0.495 e. The summed E-state index contributed by atoms with van der Waals surface area (Å²) >= 11 is 5.96. The van der Waals surface area contributed by atoms with Crippen molar-refractivity contribution in [3.8, 4) is 11.5 Å². The largest absolute Gasteiger partial charge is 0.495 e. The van der Waals surface area contributed by atoms with Gasteiger partial charge in [-0.3, -0.25) is 14.9 Å². The van der Waals surface area contributed by atoms with Crippen LogP contribution in [0, 0.1) is 0 Å². The van der Waals surface area contributed by atoms with E-state index < -0.39 is 11.8 Å². The Hall–Kier alpha value is -2.81. The van der Waals surface area contributed by atoms with Crippen LogP contribution in [0.5, 0.6) is 11.5 Å². The molecule has 0 spiro atoms. The summed E-state index contributed by atoms with van der Waals surface area (Å²) in [6.45, 7) is 0. The second-order valence-electron chi connectivity index (χ2n) is 3.93. The first kappa shape index (κ1) is 15.6. The van der Waals surface area contributed by atoms with Gasteiger partial charge in [0.1, 0.15) is 17.8 Å². The second-order valence-corrected chi connectivity index (χ2v) is 4.34. The fourth-order valence-corrected chi connectivity index (χ4v) is 1.80. The van der Waals surface area contributed by atoms with Crippen molar-refractivity contribution in [3.05, 3.63) is 23.5 Å². The van der Waals surface area contributed by atoms with Gasteiger partial charge < -0.3 is 14.8 Å². The van der Waals surface area contributed by atoms with Gasteiger partial charge in [-0.2, -0.15) is 10.1 Å². The lowest BCUT2D eigenvalue weighted by atomic mass is 10.2. The highest BCUT2D eigenvalue weighted by atomic mass is 35.5. The molecule has 2 rings (SSSR count). The summed E-state index contributed by atoms with van der Waals surface area (Å²) in [5, 5.41) is 10.9. The number of aromatic nitrogens is 3. The Labute approximate surface area is 130 Å². The number of ether oxygens (including phenoxy) is 2. The van der Waals surface area contributed by atoms with Crippen LogP contribution in [-0.4, -0.2) is 41.2 Å². The van der Waals surface area contributed by atoms with Gasteiger partial charge in [0.25, 0.3) is 0 Å². The Balaban J connectivity index is 2.15. The SMILES string of the molecule is COc1cc(NC(=O)C(=O)Nc2ncn[nH]2)c(OC)cc1Cl. The minimum absolute atomic E-state index is 0.0563. The summed E-state index contributed by atoms with van der Waals surface area (Å²) in [5.41, 5.74) is 0.237. The first-order valence-electron chi connectivity index (χ1n) is 5.94. The van der Waals surface area contributed by atoms with E-state index in [1.54, 1.807) is 0 Å². The van der Waals surface area contributed by atoms with Crippen LogP contribution in [0.3, 0.4) is 0 Å². The molecule has 0 bridgehead atoms. The van der Waals surface area contributed by atoms with Gasteiger partial charge in [0.2, 0.25) is 5.95 Å². The number of nitrogens with one attached hydrogen (secondary N) is 3. The van der Waals surface area contributed by atoms with E-state index in [0.29, 0.717) is 10.8 Å². The molecule has 9 nitrogen and oxygen atoms in total. The number of nitrogens with zero attached hydrogens (tertiary/aromatic N) is 2. The third-order valence-electron chi connectivity index (χ3n) is 2.58. The zero-order valence-electron chi connectivity index (χ0n) is 11.6. The topological polar surface area (TPSA) is 118 Å². The zero-order valence-corrected chi connectivity index (χ0v) is 12.4. The maximum atomic E-state index is 11.9. The third-order valence-corrected chi connectivity index (χ3v) is 2.87. The predicted octanol–water partition coefficient (Wildman–Crippen LogP) is 1.05. The predicted molar refractivity (Wildman–Crippen MR) is 78.2 cm³/mol. The molecule has 10 heteroatoms. The Kier molecular flexibility index (Phi) is 4.79. The molecule has 1 heterocycles. The Morgan fingerprint density at radius 2 is 1.82 bits per heavy atom. The molecular weight excluding hydrogens is 314 g/mol. The number of H-pyrrole nitrogens is 1. The molecule has 3 N–H and O–H groups in total. The number of carbonyl (C=O) groups is 2. The van der Waals surface area contributed by atoms with Gasteiger partial charge in [-0.05, 0) is 0 Å². The Morgan fingerprint density at radius 1 is 1.14 bits per heavy atom. The van der Waals surface area contributed by atoms with Crippen molar-refractivity contribution < 1.29 is 19.1 Å². The molecule has 0 aliphatic carbocycles. The van der Waals surface area contributed by atoms with Crippen LogP contribution in [0.1, 0.15) is 0 Å². The molecule has 1 aromatic carbocycles. The number of amides is 2. The maximum Gasteiger partial charge on any atom is 0.316 e. The highest BCUT2D eigenvalue weighted by Gasteiger charge is 2.18. The summed E-state index contributed by atoms with van der Waals surface area (Å²) in [6, 6.07) is 2.91. The van der Waals surface area contributed by atoms with Gasteiger partial charge >= 0.3 is 11.8 Å². The molecule has 0 aliphatic heterocycles. The number of methoxy groups -OCH3 is 2. The van der Waals surface area contributed by atoms with Crippen LogP contribution in [-0.2, 0) is 9.59 Å². The van der Waals surface area contributed by atoms with Crippen LogP contribution in [0.2, 0.25) is 5.02 Å². The summed E-state index contributed by atoms with van der Waals surface area (Å²) in [7, 11) is 2.83. The number of aromatic amines is 1. The number of anilines is 2. The average molecular weight is 326 g/mol. The number of hydrogen-bond donors (Lipinski definition) is 3. The zero-order chi connectivity index (χ0) is 16.1. The van der Waals surface area contributed by atoms with Crippen molar-refractivity contribution in [2.75, 3.05) is 24.9 Å². The van der Waals surface area contributed by atoms with Gasteiger partial charge in [-0.15, -0.1) is 0 Å². The van der Waals surface area contributed by atoms with Gasteiger partial charge in [0.05, 0.1) is 24.9 Å². The summed E-state index contributed by atoms with van der Waals surface area (Å²) < 4.78 is 10.1. The maximum absolute atomic E-state index is 11.9. The van der Waals surface area contributed by atoms with Crippen molar-refractivity contribution in [1.29, 1.82) is 0 Å². The van der Waals surface area contributed by atoms with Gasteiger partial charge in [-0.1, -0.05) is 11.6 Å². The molecule has 2 aromatic rings. The standard InChI is InChI=1S/C12H12ClN5O4/c1-21-8-4-7(9(22-2)3-6(8)13)16-10(19)11(20)17-12-14-5-15-18-12/h3-5H,1-2H3,(H,16,19)(H2,14,15,17,18,20). The first-order chi connectivity index (χ1) is 10.5. The van der Waals surface area contributed by atoms with E-state index in [-0.39, 0.29) is 17.4 Å². The van der Waals surface area contributed by atoms with E-state index in [9.17, 15) is 9.59 Å². The average Bonchev–Trinajstić information content (AvgIpc) is 3.01. The second kappa shape index (κ2) is 6.76. The smallest absolute Gasteiger partial charge is 0.316 e. The molecule has 0 radical (unpaired) electrons. The van der Waals surface area contributed by atoms with Crippen LogP contribution in [0.15, 0.2) is 18.5 Å². The highest BCUT2D eigenvalue weighted by molar-refractivity contribution is 6.43. The molecule has 0 atom stereocenters. The number of hydrogen-bond acceptors (Lipinski definition) is 6. The highest BCUT2D eigenvalue weighted by Crippen LogP contribution is 2.35. The fourth-order valence-electron chi connectivity index (χ4n) is 1.57. The van der Waals surface area contributed by atoms with E-state index >= 15 is 0 Å². The molecule has 0 saturated carbocycles. The molecule has 2 amide bonds. The summed E-state index contributed by atoms with van der Waals surface area (Å²) in [5.74, 6) is -1.17. The molecule has 0 aliphatic rings. The van der Waals surface area contributed by atoms with Crippen molar-refractivity contribution in [2.45, 2.75) is 0 Å². The van der Waals surface area contributed by atoms with E-state index in [1.807, 2.05) is 0 Å². The molecule has 22 heavy (non-hydrogen) atoms. The first-order valence-corrected chi connectivity index (χ1v) is 6.32. The minimum atomic E-state index is -0.923. The van der Waals surface area contributed by atoms with Crippen LogP contribution >= 0.6 is 11.6 Å². The van der Waals surface area contributed by atoms with Gasteiger partial charge in [0.15, 0.2) is 0 Å². The molecular formula is C12H12ClN5O4. The number of carbonyl (C=O) groups excluding carboxylic acids is 2. The van der Waals surface area contributed by atoms with E-state index in [2.05, 4.69) is 25.8 Å². The normalized spacial score (nSPS) is 9.95. The monoisotopic (exact) mass is 325 g/mol. The van der Waals surface area contributed by atoms with Crippen LogP contribution < -0.4 is 20.1 Å². The van der Waals surface area contributed by atoms with E-state index in [1.165, 1.54) is 32.7 Å². The molecule has 1 aromatic heterocycles. The molecule has 0 saturated heterocycles. The van der Waals surface area contributed by atoms with Crippen molar-refractivity contribution in [2.24, 2.45) is 0 Å². The Morgan fingerprint density at radius 3 is 2.41 bits per heavy atom. The van der Waals surface area contributed by atoms with Crippen LogP contribution in [0.4, 0.5) is 11.6 Å². The van der Waals surface area contributed by atoms with Crippen molar-refractivity contribution >= 4 is 35.1 Å². The molecule has 116 valence electrons. The quantitative estimate of drug-likeness (QED) is 0.723. The summed E-state index contributed by atoms with van der Waals surface area (Å²) in [4.78, 5) is 27.3. The lowest BCUT2D eigenvalue weighted by molar-refractivity contribution is -0.133. The van der Waals surface area contributed by atoms with Crippen LogP contribution in [0.25, 0.3) is 0 Å². The van der Waals surface area contributed by atoms with Crippen molar-refractivity contribution in [1.82, 2.24) is 15.2 Å². The van der Waals surface area contributed by atoms with Gasteiger partial charge in [-0.25, -0.2) is 5.10 Å². The lowest BCUT2D eigenvalue weighted by Crippen LogP contribution is -2.29. The number of benzene rings is 1. The van der Waals surface area contributed by atoms with Gasteiger partial charge in [0, 0.05) is 12.1 Å².